The summed E-state index contributed by atoms with van der Waals surface area (Å²) in [5, 5.41) is 0. The van der Waals surface area contributed by atoms with Crippen LogP contribution in [-0.4, -0.2) is 24.2 Å². The van der Waals surface area contributed by atoms with E-state index in [0.29, 0.717) is 0 Å². The molecule has 0 spiro atoms. The zero-order valence-corrected chi connectivity index (χ0v) is 15.1. The highest BCUT2D eigenvalue weighted by molar-refractivity contribution is 5.33. The van der Waals surface area contributed by atoms with Crippen LogP contribution < -0.4 is 0 Å². The number of rotatable bonds is 8. The van der Waals surface area contributed by atoms with Gasteiger partial charge in [-0.15, -0.1) is 0 Å². The summed E-state index contributed by atoms with van der Waals surface area (Å²) >= 11 is 0. The van der Waals surface area contributed by atoms with Gasteiger partial charge >= 0.3 is 0 Å². The van der Waals surface area contributed by atoms with Crippen molar-refractivity contribution in [1.29, 1.82) is 0 Å². The van der Waals surface area contributed by atoms with E-state index in [9.17, 15) is 9.59 Å². The average molecular weight is 332 g/mol. The normalized spacial score (nSPS) is 31.5. The highest BCUT2D eigenvalue weighted by Crippen LogP contribution is 2.43. The van der Waals surface area contributed by atoms with Crippen LogP contribution in [0.3, 0.4) is 0 Å². The van der Waals surface area contributed by atoms with E-state index in [1.165, 1.54) is 51.4 Å². The van der Waals surface area contributed by atoms with Crippen molar-refractivity contribution in [3.63, 3.8) is 0 Å². The lowest BCUT2D eigenvalue weighted by Gasteiger charge is -2.39. The quantitative estimate of drug-likeness (QED) is 0.358. The van der Waals surface area contributed by atoms with Gasteiger partial charge in [0.05, 0.1) is 12.1 Å². The molecule has 2 saturated carbocycles. The number of unbranched alkanes of at least 4 members (excludes halogenated alkanes) is 2. The SMILES string of the molecule is CCCCCC(C1CCC(N=C=O)CC1)C1CCC(N=C=O)CC1. The summed E-state index contributed by atoms with van der Waals surface area (Å²) in [6.45, 7) is 2.26. The third-order valence-electron chi connectivity index (χ3n) is 6.31. The lowest BCUT2D eigenvalue weighted by atomic mass is 9.67. The molecule has 2 fully saturated rings. The second-order valence-corrected chi connectivity index (χ2v) is 7.74. The minimum Gasteiger partial charge on any atom is -0.211 e. The van der Waals surface area contributed by atoms with Crippen molar-refractivity contribution in [3.8, 4) is 0 Å². The van der Waals surface area contributed by atoms with Crippen LogP contribution in [0.25, 0.3) is 0 Å². The molecule has 4 heteroatoms. The minimum absolute atomic E-state index is 0.215. The van der Waals surface area contributed by atoms with Crippen molar-refractivity contribution >= 4 is 12.2 Å². The van der Waals surface area contributed by atoms with Gasteiger partial charge in [0.15, 0.2) is 0 Å². The molecule has 2 aliphatic rings. The maximum atomic E-state index is 10.5. The van der Waals surface area contributed by atoms with Gasteiger partial charge in [-0.25, -0.2) is 19.6 Å². The molecular formula is C20H32N2O2. The summed E-state index contributed by atoms with van der Waals surface area (Å²) < 4.78 is 0. The molecular weight excluding hydrogens is 300 g/mol. The van der Waals surface area contributed by atoms with Gasteiger partial charge in [-0.2, -0.15) is 0 Å². The summed E-state index contributed by atoms with van der Waals surface area (Å²) in [6.07, 6.45) is 17.8. The highest BCUT2D eigenvalue weighted by atomic mass is 16.1. The third-order valence-corrected chi connectivity index (χ3v) is 6.31. The predicted molar refractivity (Wildman–Crippen MR) is 95.4 cm³/mol. The number of hydrogen-bond acceptors (Lipinski definition) is 4. The van der Waals surface area contributed by atoms with Crippen molar-refractivity contribution < 1.29 is 9.59 Å². The fraction of sp³-hybridized carbons (Fsp3) is 0.900. The van der Waals surface area contributed by atoms with Crippen LogP contribution in [0.2, 0.25) is 0 Å². The Morgan fingerprint density at radius 3 is 1.62 bits per heavy atom. The first-order valence-corrected chi connectivity index (χ1v) is 9.92. The number of aliphatic imine (C=N–C) groups is 2. The Kier molecular flexibility index (Phi) is 8.42. The fourth-order valence-corrected chi connectivity index (χ4v) is 4.95. The zero-order chi connectivity index (χ0) is 17.2. The van der Waals surface area contributed by atoms with Crippen molar-refractivity contribution in [3.05, 3.63) is 0 Å². The molecule has 0 amide bonds. The standard InChI is InChI=1S/C20H32N2O2/c1-2-3-4-5-20(16-6-10-18(11-7-16)21-14-23)17-8-12-19(13-9-17)22-15-24/h16-20H,2-13H2,1H3. The maximum Gasteiger partial charge on any atom is 0.235 e. The second-order valence-electron chi connectivity index (χ2n) is 7.74. The van der Waals surface area contributed by atoms with E-state index >= 15 is 0 Å². The molecule has 134 valence electrons. The second kappa shape index (κ2) is 10.6. The van der Waals surface area contributed by atoms with E-state index in [0.717, 1.165) is 43.4 Å². The molecule has 2 aliphatic carbocycles. The molecule has 0 aliphatic heterocycles. The summed E-state index contributed by atoms with van der Waals surface area (Å²) in [5.41, 5.74) is 0. The lowest BCUT2D eigenvalue weighted by molar-refractivity contribution is 0.122. The van der Waals surface area contributed by atoms with Crippen LogP contribution in [0.5, 0.6) is 0 Å². The topological polar surface area (TPSA) is 58.9 Å². The van der Waals surface area contributed by atoms with Crippen LogP contribution in [0.1, 0.15) is 84.0 Å². The van der Waals surface area contributed by atoms with Gasteiger partial charge in [-0.1, -0.05) is 26.2 Å². The lowest BCUT2D eigenvalue weighted by Crippen LogP contribution is -2.31. The van der Waals surface area contributed by atoms with Gasteiger partial charge in [0.25, 0.3) is 0 Å². The number of hydrogen-bond donors (Lipinski definition) is 0. The van der Waals surface area contributed by atoms with E-state index in [4.69, 9.17) is 0 Å². The Bertz CT molecular complexity index is 412. The van der Waals surface area contributed by atoms with Crippen molar-refractivity contribution in [2.45, 2.75) is 96.1 Å². The van der Waals surface area contributed by atoms with Gasteiger partial charge in [0, 0.05) is 0 Å². The summed E-state index contributed by atoms with van der Waals surface area (Å²) in [4.78, 5) is 28.8. The molecule has 0 aromatic heterocycles. The molecule has 2 rings (SSSR count). The van der Waals surface area contributed by atoms with Gasteiger partial charge in [-0.05, 0) is 75.5 Å². The molecule has 0 aromatic carbocycles. The average Bonchev–Trinajstić information content (AvgIpc) is 2.61. The number of carbonyl (C=O) groups excluding carboxylic acids is 2. The van der Waals surface area contributed by atoms with Gasteiger partial charge in [0.1, 0.15) is 0 Å². The molecule has 0 bridgehead atoms. The monoisotopic (exact) mass is 332 g/mol. The first kappa shape index (κ1) is 19.1. The van der Waals surface area contributed by atoms with Gasteiger partial charge < -0.3 is 0 Å². The molecule has 0 N–H and O–H groups in total. The largest absolute Gasteiger partial charge is 0.235 e. The Labute approximate surface area is 146 Å². The smallest absolute Gasteiger partial charge is 0.211 e. The Balaban J connectivity index is 1.92. The first-order chi connectivity index (χ1) is 11.8. The molecule has 0 radical (unpaired) electrons. The highest BCUT2D eigenvalue weighted by Gasteiger charge is 2.34. The number of nitrogens with zero attached hydrogens (tertiary/aromatic N) is 2. The zero-order valence-electron chi connectivity index (χ0n) is 15.1. The van der Waals surface area contributed by atoms with Crippen LogP contribution in [0.15, 0.2) is 9.98 Å². The fourth-order valence-electron chi connectivity index (χ4n) is 4.95. The van der Waals surface area contributed by atoms with Crippen molar-refractivity contribution in [2.75, 3.05) is 0 Å². The van der Waals surface area contributed by atoms with E-state index in [1.807, 2.05) is 0 Å². The van der Waals surface area contributed by atoms with E-state index in [-0.39, 0.29) is 12.1 Å². The molecule has 0 heterocycles. The van der Waals surface area contributed by atoms with Gasteiger partial charge in [0.2, 0.25) is 12.2 Å². The minimum atomic E-state index is 0.215. The summed E-state index contributed by atoms with van der Waals surface area (Å²) in [6, 6.07) is 0.431. The first-order valence-electron chi connectivity index (χ1n) is 9.92. The summed E-state index contributed by atoms with van der Waals surface area (Å²) in [5.74, 6) is 2.38. The van der Waals surface area contributed by atoms with E-state index in [1.54, 1.807) is 12.2 Å². The molecule has 4 nitrogen and oxygen atoms in total. The van der Waals surface area contributed by atoms with Crippen molar-refractivity contribution in [1.82, 2.24) is 0 Å². The number of isocyanates is 2. The molecule has 24 heavy (non-hydrogen) atoms. The molecule has 0 aromatic rings. The van der Waals surface area contributed by atoms with Crippen LogP contribution in [-0.2, 0) is 9.59 Å². The van der Waals surface area contributed by atoms with Crippen molar-refractivity contribution in [2.24, 2.45) is 27.7 Å². The van der Waals surface area contributed by atoms with E-state index in [2.05, 4.69) is 16.9 Å². The molecule has 0 atom stereocenters. The summed E-state index contributed by atoms with van der Waals surface area (Å²) in [7, 11) is 0. The maximum absolute atomic E-state index is 10.5. The van der Waals surface area contributed by atoms with E-state index < -0.39 is 0 Å². The Hall–Kier alpha value is -1.24. The van der Waals surface area contributed by atoms with Gasteiger partial charge in [-0.3, -0.25) is 0 Å². The van der Waals surface area contributed by atoms with Crippen LogP contribution in [0.4, 0.5) is 0 Å². The third kappa shape index (κ3) is 5.69. The Morgan fingerprint density at radius 1 is 0.792 bits per heavy atom. The Morgan fingerprint density at radius 2 is 1.25 bits per heavy atom. The molecule has 0 saturated heterocycles. The molecule has 0 unspecified atom stereocenters. The van der Waals surface area contributed by atoms with Crippen LogP contribution >= 0.6 is 0 Å². The van der Waals surface area contributed by atoms with Crippen LogP contribution in [0, 0.1) is 17.8 Å². The predicted octanol–water partition coefficient (Wildman–Crippen LogP) is 4.97.